The number of aryl methyl sites for hydroxylation is 1. The fourth-order valence-electron chi connectivity index (χ4n) is 6.67. The smallest absolute Gasteiger partial charge is 0.333 e. The molecule has 0 bridgehead atoms. The van der Waals surface area contributed by atoms with Gasteiger partial charge in [0, 0.05) is 7.05 Å². The summed E-state index contributed by atoms with van der Waals surface area (Å²) in [5, 5.41) is 0. The van der Waals surface area contributed by atoms with Gasteiger partial charge in [-0.1, -0.05) is 133 Å². The van der Waals surface area contributed by atoms with Crippen LogP contribution in [0.2, 0.25) is 0 Å². The van der Waals surface area contributed by atoms with E-state index in [4.69, 9.17) is 18.9 Å². The molecular formula is C48H42N4O6. The molecule has 0 atom stereocenters. The quantitative estimate of drug-likeness (QED) is 0.0975. The molecule has 2 aromatic heterocycles. The minimum Gasteiger partial charge on any atom is -0.485 e. The lowest BCUT2D eigenvalue weighted by Crippen LogP contribution is -2.41. The Kier molecular flexibility index (Phi) is 11.4. The van der Waals surface area contributed by atoms with Gasteiger partial charge in [0.25, 0.3) is 5.56 Å². The molecule has 290 valence electrons. The molecule has 0 N–H and O–H groups in total. The maximum atomic E-state index is 14.4. The van der Waals surface area contributed by atoms with E-state index in [9.17, 15) is 9.59 Å². The molecule has 0 saturated carbocycles. The Morgan fingerprint density at radius 2 is 0.828 bits per heavy atom. The van der Waals surface area contributed by atoms with Gasteiger partial charge >= 0.3 is 5.69 Å². The first-order chi connectivity index (χ1) is 28.5. The lowest BCUT2D eigenvalue weighted by Gasteiger charge is -2.17. The third kappa shape index (κ3) is 8.87. The number of aromatic nitrogens is 4. The van der Waals surface area contributed by atoms with Gasteiger partial charge in [0.15, 0.2) is 34.2 Å². The first-order valence-corrected chi connectivity index (χ1v) is 19.1. The van der Waals surface area contributed by atoms with Crippen LogP contribution in [0.5, 0.6) is 23.0 Å². The Bertz CT molecular complexity index is 2730. The van der Waals surface area contributed by atoms with Crippen molar-refractivity contribution in [3.05, 3.63) is 218 Å². The summed E-state index contributed by atoms with van der Waals surface area (Å²) in [4.78, 5) is 33.0. The Balaban J connectivity index is 1.11. The lowest BCUT2D eigenvalue weighted by molar-refractivity contribution is 0.255. The average molecular weight is 771 g/mol. The van der Waals surface area contributed by atoms with Crippen molar-refractivity contribution in [1.29, 1.82) is 0 Å². The zero-order valence-corrected chi connectivity index (χ0v) is 32.1. The number of nitrogens with zero attached hydrogens (tertiary/aromatic N) is 4. The second-order valence-electron chi connectivity index (χ2n) is 13.9. The second-order valence-corrected chi connectivity index (χ2v) is 13.9. The molecule has 0 unspecified atom stereocenters. The number of rotatable bonds is 16. The fraction of sp³-hybridized carbons (Fsp3) is 0.146. The van der Waals surface area contributed by atoms with Gasteiger partial charge in [-0.05, 0) is 57.6 Å². The predicted molar refractivity (Wildman–Crippen MR) is 223 cm³/mol. The van der Waals surface area contributed by atoms with Gasteiger partial charge in [0.1, 0.15) is 26.4 Å². The summed E-state index contributed by atoms with van der Waals surface area (Å²) < 4.78 is 29.5. The van der Waals surface area contributed by atoms with Crippen molar-refractivity contribution in [1.82, 2.24) is 18.7 Å². The standard InChI is InChI=1S/C48H42N4O6/c1-50-34-49-46-45(50)47(53)52(29-40-23-25-42(56-31-36-16-8-3-9-17-36)44(27-40)58-33-38-20-12-5-13-21-38)48(54)51(46)28-39-22-24-41(55-30-35-14-6-2-7-15-35)43(26-39)57-32-37-18-10-4-11-19-37/h2-27,34H,28-33H2,1H3. The number of ether oxygens (including phenoxy) is 4. The van der Waals surface area contributed by atoms with Crippen LogP contribution in [-0.4, -0.2) is 18.7 Å². The molecule has 58 heavy (non-hydrogen) atoms. The molecule has 8 aromatic rings. The van der Waals surface area contributed by atoms with Gasteiger partial charge < -0.3 is 23.5 Å². The molecule has 0 saturated heterocycles. The van der Waals surface area contributed by atoms with Crippen LogP contribution < -0.4 is 30.2 Å². The van der Waals surface area contributed by atoms with E-state index in [2.05, 4.69) is 4.98 Å². The van der Waals surface area contributed by atoms with Crippen molar-refractivity contribution in [2.75, 3.05) is 0 Å². The predicted octanol–water partition coefficient (Wildman–Crippen LogP) is 8.31. The SMILES string of the molecule is Cn1cnc2c1c(=O)n(Cc1ccc(OCc3ccccc3)c(OCc3ccccc3)c1)c(=O)n2Cc1ccc(OCc2ccccc2)c(OCc2ccccc2)c1. The van der Waals surface area contributed by atoms with E-state index in [-0.39, 0.29) is 13.1 Å². The summed E-state index contributed by atoms with van der Waals surface area (Å²) in [5.74, 6) is 2.17. The summed E-state index contributed by atoms with van der Waals surface area (Å²) in [6.07, 6.45) is 1.55. The second kappa shape index (κ2) is 17.6. The minimum atomic E-state index is -0.497. The van der Waals surface area contributed by atoms with Gasteiger partial charge in [0.2, 0.25) is 0 Å². The van der Waals surface area contributed by atoms with Crippen LogP contribution in [0.3, 0.4) is 0 Å². The van der Waals surface area contributed by atoms with Crippen molar-refractivity contribution in [2.45, 2.75) is 39.5 Å². The van der Waals surface area contributed by atoms with Gasteiger partial charge in [-0.25, -0.2) is 9.78 Å². The minimum absolute atomic E-state index is 0.00283. The van der Waals surface area contributed by atoms with Crippen LogP contribution in [0.4, 0.5) is 0 Å². The van der Waals surface area contributed by atoms with Gasteiger partial charge in [-0.15, -0.1) is 0 Å². The Hall–Kier alpha value is -7.33. The summed E-state index contributed by atoms with van der Waals surface area (Å²) >= 11 is 0. The van der Waals surface area contributed by atoms with Crippen molar-refractivity contribution in [3.8, 4) is 23.0 Å². The van der Waals surface area contributed by atoms with Gasteiger partial charge in [-0.2, -0.15) is 0 Å². The molecular weight excluding hydrogens is 729 g/mol. The topological polar surface area (TPSA) is 98.7 Å². The highest BCUT2D eigenvalue weighted by atomic mass is 16.5. The number of hydrogen-bond donors (Lipinski definition) is 0. The monoisotopic (exact) mass is 770 g/mol. The molecule has 0 aliphatic carbocycles. The van der Waals surface area contributed by atoms with Gasteiger partial charge in [-0.3, -0.25) is 13.9 Å². The Morgan fingerprint density at radius 1 is 0.448 bits per heavy atom. The maximum Gasteiger partial charge on any atom is 0.333 e. The number of imidazole rings is 1. The molecule has 6 aromatic carbocycles. The normalized spacial score (nSPS) is 11.1. The zero-order chi connectivity index (χ0) is 39.7. The number of benzene rings is 6. The summed E-state index contributed by atoms with van der Waals surface area (Å²) in [6.45, 7) is 1.48. The van der Waals surface area contributed by atoms with Crippen LogP contribution in [0, 0.1) is 0 Å². The lowest BCUT2D eigenvalue weighted by atomic mass is 10.1. The highest BCUT2D eigenvalue weighted by Crippen LogP contribution is 2.32. The molecule has 8 rings (SSSR count). The van der Waals surface area contributed by atoms with Crippen LogP contribution in [0.25, 0.3) is 11.2 Å². The van der Waals surface area contributed by atoms with Crippen LogP contribution >= 0.6 is 0 Å². The molecule has 10 heteroatoms. The number of fused-ring (bicyclic) bond motifs is 1. The Morgan fingerprint density at radius 3 is 1.24 bits per heavy atom. The summed E-state index contributed by atoms with van der Waals surface area (Å²) in [7, 11) is 1.75. The molecule has 0 fully saturated rings. The third-order valence-corrected chi connectivity index (χ3v) is 9.73. The average Bonchev–Trinajstić information content (AvgIpc) is 3.66. The van der Waals surface area contributed by atoms with Crippen molar-refractivity contribution in [3.63, 3.8) is 0 Å². The van der Waals surface area contributed by atoms with Gasteiger partial charge in [0.05, 0.1) is 19.4 Å². The van der Waals surface area contributed by atoms with Crippen molar-refractivity contribution >= 4 is 11.2 Å². The highest BCUT2D eigenvalue weighted by molar-refractivity contribution is 5.70. The van der Waals surface area contributed by atoms with E-state index in [0.29, 0.717) is 66.2 Å². The number of hydrogen-bond acceptors (Lipinski definition) is 7. The van der Waals surface area contributed by atoms with Crippen LogP contribution in [-0.2, 0) is 46.6 Å². The van der Waals surface area contributed by atoms with Crippen molar-refractivity contribution < 1.29 is 18.9 Å². The van der Waals surface area contributed by atoms with E-state index in [0.717, 1.165) is 27.8 Å². The molecule has 0 amide bonds. The van der Waals surface area contributed by atoms with E-state index in [1.165, 1.54) is 9.13 Å². The third-order valence-electron chi connectivity index (χ3n) is 9.73. The molecule has 0 spiro atoms. The zero-order valence-electron chi connectivity index (χ0n) is 32.1. The van der Waals surface area contributed by atoms with E-state index >= 15 is 0 Å². The maximum absolute atomic E-state index is 14.4. The fourth-order valence-corrected chi connectivity index (χ4v) is 6.67. The molecule has 2 heterocycles. The Labute approximate surface area is 335 Å². The molecule has 0 radical (unpaired) electrons. The van der Waals surface area contributed by atoms with Crippen LogP contribution in [0.15, 0.2) is 174 Å². The largest absolute Gasteiger partial charge is 0.485 e. The van der Waals surface area contributed by atoms with Crippen LogP contribution in [0.1, 0.15) is 33.4 Å². The molecule has 0 aliphatic rings. The molecule has 10 nitrogen and oxygen atoms in total. The van der Waals surface area contributed by atoms with Crippen molar-refractivity contribution in [2.24, 2.45) is 7.05 Å². The first kappa shape index (κ1) is 37.6. The van der Waals surface area contributed by atoms with E-state index in [1.807, 2.05) is 158 Å². The van der Waals surface area contributed by atoms with E-state index in [1.54, 1.807) is 17.9 Å². The summed E-state index contributed by atoms with van der Waals surface area (Å²) in [5.41, 5.74) is 5.17. The summed E-state index contributed by atoms with van der Waals surface area (Å²) in [6, 6.07) is 50.7. The van der Waals surface area contributed by atoms with E-state index < -0.39 is 11.2 Å². The molecule has 0 aliphatic heterocycles. The highest BCUT2D eigenvalue weighted by Gasteiger charge is 2.20. The first-order valence-electron chi connectivity index (χ1n) is 19.1.